The molecule has 1 unspecified atom stereocenters. The van der Waals surface area contributed by atoms with Crippen LogP contribution in [0.15, 0.2) is 12.1 Å². The maximum atomic E-state index is 13.7. The van der Waals surface area contributed by atoms with Crippen LogP contribution in [0.5, 0.6) is 0 Å². The van der Waals surface area contributed by atoms with E-state index in [1.54, 1.807) is 0 Å². The van der Waals surface area contributed by atoms with Crippen LogP contribution in [0.3, 0.4) is 0 Å². The van der Waals surface area contributed by atoms with Gasteiger partial charge in [-0.15, -0.1) is 0 Å². The van der Waals surface area contributed by atoms with E-state index in [1.807, 2.05) is 0 Å². The van der Waals surface area contributed by atoms with Crippen molar-refractivity contribution < 1.29 is 28.2 Å². The van der Waals surface area contributed by atoms with E-state index in [0.29, 0.717) is 0 Å². The van der Waals surface area contributed by atoms with E-state index in [4.69, 9.17) is 9.84 Å². The smallest absolute Gasteiger partial charge is 0.326 e. The SMILES string of the molecule is COCCC(NC(=O)c1c(F)ccc(C)c1F)C(=O)O. The lowest BCUT2D eigenvalue weighted by Gasteiger charge is -2.15. The van der Waals surface area contributed by atoms with Crippen LogP contribution in [0.4, 0.5) is 8.78 Å². The van der Waals surface area contributed by atoms with Gasteiger partial charge in [-0.25, -0.2) is 13.6 Å². The fourth-order valence-corrected chi connectivity index (χ4v) is 1.59. The van der Waals surface area contributed by atoms with Gasteiger partial charge in [-0.1, -0.05) is 6.07 Å². The van der Waals surface area contributed by atoms with E-state index in [9.17, 15) is 18.4 Å². The highest BCUT2D eigenvalue weighted by Gasteiger charge is 2.25. The lowest BCUT2D eigenvalue weighted by Crippen LogP contribution is -2.42. The summed E-state index contributed by atoms with van der Waals surface area (Å²) in [6.07, 6.45) is -0.00731. The average Bonchev–Trinajstić information content (AvgIpc) is 2.39. The number of halogens is 2. The van der Waals surface area contributed by atoms with Crippen molar-refractivity contribution in [2.45, 2.75) is 19.4 Å². The fraction of sp³-hybridized carbons (Fsp3) is 0.385. The molecule has 0 spiro atoms. The molecule has 1 rings (SSSR count). The minimum Gasteiger partial charge on any atom is -0.480 e. The highest BCUT2D eigenvalue weighted by atomic mass is 19.1. The van der Waals surface area contributed by atoms with Gasteiger partial charge in [-0.05, 0) is 18.6 Å². The van der Waals surface area contributed by atoms with Crippen molar-refractivity contribution in [3.63, 3.8) is 0 Å². The van der Waals surface area contributed by atoms with Crippen molar-refractivity contribution in [1.82, 2.24) is 5.32 Å². The molecule has 0 radical (unpaired) electrons. The number of carboxylic acid groups (broad SMARTS) is 1. The molecule has 5 nitrogen and oxygen atoms in total. The first kappa shape index (κ1) is 16.0. The van der Waals surface area contributed by atoms with Gasteiger partial charge in [0.2, 0.25) is 0 Å². The number of hydrogen-bond donors (Lipinski definition) is 2. The maximum absolute atomic E-state index is 13.7. The molecule has 20 heavy (non-hydrogen) atoms. The zero-order valence-corrected chi connectivity index (χ0v) is 11.1. The molecule has 0 aliphatic rings. The molecule has 7 heteroatoms. The van der Waals surface area contributed by atoms with E-state index in [2.05, 4.69) is 5.32 Å². The number of amides is 1. The summed E-state index contributed by atoms with van der Waals surface area (Å²) < 4.78 is 32.0. The van der Waals surface area contributed by atoms with Crippen molar-refractivity contribution >= 4 is 11.9 Å². The maximum Gasteiger partial charge on any atom is 0.326 e. The van der Waals surface area contributed by atoms with Crippen LogP contribution in [0.25, 0.3) is 0 Å². The lowest BCUT2D eigenvalue weighted by atomic mass is 10.1. The summed E-state index contributed by atoms with van der Waals surface area (Å²) in [5, 5.41) is 11.0. The molecule has 110 valence electrons. The van der Waals surface area contributed by atoms with Gasteiger partial charge in [0.1, 0.15) is 23.2 Å². The second kappa shape index (κ2) is 6.95. The summed E-state index contributed by atoms with van der Waals surface area (Å²) in [6, 6.07) is 0.876. The molecule has 0 aliphatic carbocycles. The van der Waals surface area contributed by atoms with Crippen LogP contribution in [0.2, 0.25) is 0 Å². The minimum absolute atomic E-state index is 0.00731. The van der Waals surface area contributed by atoms with Crippen molar-refractivity contribution in [3.8, 4) is 0 Å². The third-order valence-electron chi connectivity index (χ3n) is 2.73. The Hall–Kier alpha value is -2.02. The molecule has 2 N–H and O–H groups in total. The number of carbonyl (C=O) groups is 2. The summed E-state index contributed by atoms with van der Waals surface area (Å²) in [6.45, 7) is 1.47. The number of carboxylic acids is 1. The van der Waals surface area contributed by atoms with Crippen molar-refractivity contribution in [3.05, 3.63) is 34.9 Å². The van der Waals surface area contributed by atoms with Crippen LogP contribution < -0.4 is 5.32 Å². The third kappa shape index (κ3) is 3.74. The quantitative estimate of drug-likeness (QED) is 0.831. The molecule has 0 saturated heterocycles. The van der Waals surface area contributed by atoms with E-state index >= 15 is 0 Å². The van der Waals surface area contributed by atoms with E-state index < -0.39 is 35.1 Å². The fourth-order valence-electron chi connectivity index (χ4n) is 1.59. The molecule has 0 saturated carbocycles. The largest absolute Gasteiger partial charge is 0.480 e. The van der Waals surface area contributed by atoms with E-state index in [-0.39, 0.29) is 18.6 Å². The Morgan fingerprint density at radius 1 is 1.40 bits per heavy atom. The molecule has 0 fully saturated rings. The van der Waals surface area contributed by atoms with Gasteiger partial charge < -0.3 is 15.2 Å². The number of rotatable bonds is 6. The highest BCUT2D eigenvalue weighted by molar-refractivity contribution is 5.97. The lowest BCUT2D eigenvalue weighted by molar-refractivity contribution is -0.139. The molecule has 1 amide bonds. The zero-order valence-electron chi connectivity index (χ0n) is 11.1. The van der Waals surface area contributed by atoms with Gasteiger partial charge in [0.25, 0.3) is 5.91 Å². The van der Waals surface area contributed by atoms with Crippen LogP contribution in [0.1, 0.15) is 22.3 Å². The van der Waals surface area contributed by atoms with Gasteiger partial charge in [-0.2, -0.15) is 0 Å². The molecule has 0 aliphatic heterocycles. The van der Waals surface area contributed by atoms with Crippen LogP contribution in [-0.4, -0.2) is 36.7 Å². The Kier molecular flexibility index (Phi) is 5.57. The first-order valence-corrected chi connectivity index (χ1v) is 5.85. The number of nitrogens with one attached hydrogen (secondary N) is 1. The molecule has 0 bridgehead atoms. The van der Waals surface area contributed by atoms with Gasteiger partial charge in [0, 0.05) is 20.1 Å². The zero-order chi connectivity index (χ0) is 15.3. The number of aryl methyl sites for hydroxylation is 1. The highest BCUT2D eigenvalue weighted by Crippen LogP contribution is 2.16. The van der Waals surface area contributed by atoms with Gasteiger partial charge in [0.15, 0.2) is 0 Å². The molecular weight excluding hydrogens is 272 g/mol. The number of carbonyl (C=O) groups excluding carboxylic acids is 1. The van der Waals surface area contributed by atoms with Crippen LogP contribution >= 0.6 is 0 Å². The molecular formula is C13H15F2NO4. The number of hydrogen-bond acceptors (Lipinski definition) is 3. The molecule has 1 aromatic rings. The van der Waals surface area contributed by atoms with Crippen LogP contribution in [0, 0.1) is 18.6 Å². The Morgan fingerprint density at radius 2 is 2.05 bits per heavy atom. The predicted octanol–water partition coefficient (Wildman–Crippen LogP) is 1.49. The summed E-state index contributed by atoms with van der Waals surface area (Å²) in [5.41, 5.74) is -0.686. The minimum atomic E-state index is -1.30. The first-order valence-electron chi connectivity index (χ1n) is 5.85. The molecule has 0 heterocycles. The summed E-state index contributed by atoms with van der Waals surface area (Å²) in [5.74, 6) is -4.45. The topological polar surface area (TPSA) is 75.6 Å². The van der Waals surface area contributed by atoms with E-state index in [0.717, 1.165) is 6.07 Å². The normalized spacial score (nSPS) is 12.0. The summed E-state index contributed by atoms with van der Waals surface area (Å²) in [7, 11) is 1.38. The van der Waals surface area contributed by atoms with Gasteiger partial charge in [0.05, 0.1) is 0 Å². The van der Waals surface area contributed by atoms with Crippen LogP contribution in [-0.2, 0) is 9.53 Å². The standard InChI is InChI=1S/C13H15F2NO4/c1-7-3-4-8(14)10(11(7)15)12(17)16-9(13(18)19)5-6-20-2/h3-4,9H,5-6H2,1-2H3,(H,16,17)(H,18,19). The van der Waals surface area contributed by atoms with Crippen molar-refractivity contribution in [2.24, 2.45) is 0 Å². The number of ether oxygens (including phenoxy) is 1. The van der Waals surface area contributed by atoms with Gasteiger partial charge >= 0.3 is 5.97 Å². The van der Waals surface area contributed by atoms with Crippen molar-refractivity contribution in [2.75, 3.05) is 13.7 Å². The predicted molar refractivity (Wildman–Crippen MR) is 66.5 cm³/mol. The second-order valence-corrected chi connectivity index (χ2v) is 4.20. The molecule has 1 aromatic carbocycles. The second-order valence-electron chi connectivity index (χ2n) is 4.20. The first-order chi connectivity index (χ1) is 9.38. The Labute approximate surface area is 114 Å². The summed E-state index contributed by atoms with van der Waals surface area (Å²) in [4.78, 5) is 22.8. The number of aliphatic carboxylic acids is 1. The average molecular weight is 287 g/mol. The van der Waals surface area contributed by atoms with Crippen molar-refractivity contribution in [1.29, 1.82) is 0 Å². The third-order valence-corrected chi connectivity index (χ3v) is 2.73. The molecule has 0 aromatic heterocycles. The Balaban J connectivity index is 2.95. The summed E-state index contributed by atoms with van der Waals surface area (Å²) >= 11 is 0. The number of benzene rings is 1. The Morgan fingerprint density at radius 3 is 2.60 bits per heavy atom. The monoisotopic (exact) mass is 287 g/mol. The van der Waals surface area contributed by atoms with E-state index in [1.165, 1.54) is 20.1 Å². The number of methoxy groups -OCH3 is 1. The Bertz CT molecular complexity index is 519. The van der Waals surface area contributed by atoms with Gasteiger partial charge in [-0.3, -0.25) is 4.79 Å². The molecule has 1 atom stereocenters.